The van der Waals surface area contributed by atoms with Crippen molar-refractivity contribution in [1.82, 2.24) is 15.0 Å². The molecule has 0 saturated heterocycles. The second-order valence-electron chi connectivity index (χ2n) is 5.00. The number of nitrogens with zero attached hydrogens (tertiary/aromatic N) is 3. The van der Waals surface area contributed by atoms with Crippen LogP contribution in [0.15, 0.2) is 30.9 Å². The Hall–Kier alpha value is -2.43. The number of rotatable bonds is 5. The predicted molar refractivity (Wildman–Crippen MR) is 80.3 cm³/mol. The number of aryl methyl sites for hydroxylation is 2. The second-order valence-corrected chi connectivity index (χ2v) is 5.00. The van der Waals surface area contributed by atoms with Crippen LogP contribution < -0.4 is 0 Å². The number of benzene rings is 1. The number of carbonyl (C=O) groups excluding carboxylic acids is 1. The van der Waals surface area contributed by atoms with Gasteiger partial charge in [-0.3, -0.25) is 0 Å². The standard InChI is InChI=1S/C16H19N3O2/c1-5-8-21-16(20)15-13(4)19(18-17-15)10-14-9-11(2)6-7-12(14)3/h5-7,9H,1,8,10H2,2-4H3. The Morgan fingerprint density at radius 1 is 1.38 bits per heavy atom. The smallest absolute Gasteiger partial charge is 0.361 e. The van der Waals surface area contributed by atoms with Gasteiger partial charge in [-0.25, -0.2) is 9.48 Å². The van der Waals surface area contributed by atoms with Crippen molar-refractivity contribution in [3.05, 3.63) is 58.9 Å². The van der Waals surface area contributed by atoms with Gasteiger partial charge >= 0.3 is 5.97 Å². The largest absolute Gasteiger partial charge is 0.457 e. The molecule has 0 fully saturated rings. The van der Waals surface area contributed by atoms with E-state index >= 15 is 0 Å². The maximum Gasteiger partial charge on any atom is 0.361 e. The molecule has 0 amide bonds. The second kappa shape index (κ2) is 6.35. The van der Waals surface area contributed by atoms with E-state index in [0.29, 0.717) is 12.2 Å². The van der Waals surface area contributed by atoms with E-state index in [9.17, 15) is 4.79 Å². The Morgan fingerprint density at radius 2 is 2.14 bits per heavy atom. The van der Waals surface area contributed by atoms with E-state index in [2.05, 4.69) is 48.9 Å². The van der Waals surface area contributed by atoms with E-state index in [1.54, 1.807) is 4.68 Å². The normalized spacial score (nSPS) is 10.4. The first-order chi connectivity index (χ1) is 10.0. The van der Waals surface area contributed by atoms with Crippen LogP contribution in [0.5, 0.6) is 0 Å². The van der Waals surface area contributed by atoms with Crippen molar-refractivity contribution in [1.29, 1.82) is 0 Å². The first-order valence-electron chi connectivity index (χ1n) is 6.77. The van der Waals surface area contributed by atoms with Gasteiger partial charge in [0.25, 0.3) is 0 Å². The van der Waals surface area contributed by atoms with Gasteiger partial charge in [0.05, 0.1) is 12.2 Å². The lowest BCUT2D eigenvalue weighted by Gasteiger charge is -2.08. The topological polar surface area (TPSA) is 57.0 Å². The average Bonchev–Trinajstić information content (AvgIpc) is 2.82. The van der Waals surface area contributed by atoms with Crippen LogP contribution in [-0.2, 0) is 11.3 Å². The van der Waals surface area contributed by atoms with Crippen molar-refractivity contribution < 1.29 is 9.53 Å². The van der Waals surface area contributed by atoms with Crippen molar-refractivity contribution in [2.75, 3.05) is 6.61 Å². The number of hydrogen-bond donors (Lipinski definition) is 0. The molecule has 0 N–H and O–H groups in total. The maximum atomic E-state index is 11.8. The molecule has 0 aliphatic heterocycles. The van der Waals surface area contributed by atoms with Crippen LogP contribution in [0.4, 0.5) is 0 Å². The van der Waals surface area contributed by atoms with Gasteiger partial charge in [0, 0.05) is 0 Å². The molecule has 1 aromatic heterocycles. The highest BCUT2D eigenvalue weighted by Gasteiger charge is 2.17. The summed E-state index contributed by atoms with van der Waals surface area (Å²) in [5.74, 6) is -0.473. The zero-order valence-corrected chi connectivity index (χ0v) is 12.6. The van der Waals surface area contributed by atoms with E-state index in [1.165, 1.54) is 17.2 Å². The molecule has 21 heavy (non-hydrogen) atoms. The first-order valence-corrected chi connectivity index (χ1v) is 6.77. The Labute approximate surface area is 124 Å². The summed E-state index contributed by atoms with van der Waals surface area (Å²) in [4.78, 5) is 11.8. The summed E-state index contributed by atoms with van der Waals surface area (Å²) < 4.78 is 6.71. The summed E-state index contributed by atoms with van der Waals surface area (Å²) >= 11 is 0. The van der Waals surface area contributed by atoms with Gasteiger partial charge in [-0.15, -0.1) is 5.10 Å². The van der Waals surface area contributed by atoms with Crippen LogP contribution in [0.3, 0.4) is 0 Å². The Kier molecular flexibility index (Phi) is 4.52. The van der Waals surface area contributed by atoms with Crippen LogP contribution in [0.25, 0.3) is 0 Å². The van der Waals surface area contributed by atoms with Gasteiger partial charge in [-0.1, -0.05) is 41.6 Å². The van der Waals surface area contributed by atoms with E-state index in [1.807, 2.05) is 6.92 Å². The summed E-state index contributed by atoms with van der Waals surface area (Å²) in [6.07, 6.45) is 1.52. The fraction of sp³-hybridized carbons (Fsp3) is 0.312. The summed E-state index contributed by atoms with van der Waals surface area (Å²) in [7, 11) is 0. The Balaban J connectivity index is 2.22. The van der Waals surface area contributed by atoms with Crippen LogP contribution in [0, 0.1) is 20.8 Å². The van der Waals surface area contributed by atoms with E-state index in [0.717, 1.165) is 5.56 Å². The molecule has 0 aliphatic rings. The summed E-state index contributed by atoms with van der Waals surface area (Å²) in [5, 5.41) is 7.97. The van der Waals surface area contributed by atoms with Gasteiger partial charge < -0.3 is 4.74 Å². The molecule has 1 heterocycles. The Morgan fingerprint density at radius 3 is 2.86 bits per heavy atom. The van der Waals surface area contributed by atoms with Crippen molar-refractivity contribution in [3.63, 3.8) is 0 Å². The quantitative estimate of drug-likeness (QED) is 0.626. The molecule has 2 rings (SSSR count). The van der Waals surface area contributed by atoms with Gasteiger partial charge in [0.1, 0.15) is 6.61 Å². The summed E-state index contributed by atoms with van der Waals surface area (Å²) in [6.45, 7) is 10.2. The van der Waals surface area contributed by atoms with Crippen molar-refractivity contribution >= 4 is 5.97 Å². The highest BCUT2D eigenvalue weighted by Crippen LogP contribution is 2.14. The monoisotopic (exact) mass is 285 g/mol. The number of aromatic nitrogens is 3. The molecule has 5 nitrogen and oxygen atoms in total. The fourth-order valence-corrected chi connectivity index (χ4v) is 2.03. The third-order valence-electron chi connectivity index (χ3n) is 3.33. The third kappa shape index (κ3) is 3.37. The number of esters is 1. The Bertz CT molecular complexity index is 674. The van der Waals surface area contributed by atoms with E-state index in [4.69, 9.17) is 4.74 Å². The lowest BCUT2D eigenvalue weighted by Crippen LogP contribution is -2.09. The van der Waals surface area contributed by atoms with Crippen LogP contribution in [-0.4, -0.2) is 27.6 Å². The minimum atomic E-state index is -0.473. The lowest BCUT2D eigenvalue weighted by molar-refractivity contribution is 0.0542. The predicted octanol–water partition coefficient (Wildman–Crippen LogP) is 2.59. The number of hydrogen-bond acceptors (Lipinski definition) is 4. The minimum Gasteiger partial charge on any atom is -0.457 e. The lowest BCUT2D eigenvalue weighted by atomic mass is 10.1. The fourth-order valence-electron chi connectivity index (χ4n) is 2.03. The molecule has 5 heteroatoms. The van der Waals surface area contributed by atoms with Gasteiger partial charge in [0.2, 0.25) is 0 Å². The molecule has 0 spiro atoms. The SMILES string of the molecule is C=CCOC(=O)c1nnn(Cc2cc(C)ccc2C)c1C. The average molecular weight is 285 g/mol. The van der Waals surface area contributed by atoms with E-state index < -0.39 is 5.97 Å². The first kappa shape index (κ1) is 15.0. The molecular formula is C16H19N3O2. The van der Waals surface area contributed by atoms with Gasteiger partial charge in [0.15, 0.2) is 5.69 Å². The van der Waals surface area contributed by atoms with Gasteiger partial charge in [-0.05, 0) is 31.9 Å². The molecule has 0 saturated carbocycles. The van der Waals surface area contributed by atoms with E-state index in [-0.39, 0.29) is 12.3 Å². The molecule has 0 bridgehead atoms. The van der Waals surface area contributed by atoms with Crippen LogP contribution >= 0.6 is 0 Å². The molecule has 110 valence electrons. The molecule has 0 radical (unpaired) electrons. The third-order valence-corrected chi connectivity index (χ3v) is 3.33. The highest BCUT2D eigenvalue weighted by atomic mass is 16.5. The molecular weight excluding hydrogens is 266 g/mol. The summed E-state index contributed by atoms with van der Waals surface area (Å²) in [5.41, 5.74) is 4.49. The van der Waals surface area contributed by atoms with Gasteiger partial charge in [-0.2, -0.15) is 0 Å². The molecule has 0 unspecified atom stereocenters. The van der Waals surface area contributed by atoms with Crippen LogP contribution in [0.1, 0.15) is 32.9 Å². The maximum absolute atomic E-state index is 11.8. The van der Waals surface area contributed by atoms with Crippen molar-refractivity contribution in [2.24, 2.45) is 0 Å². The zero-order valence-electron chi connectivity index (χ0n) is 12.6. The zero-order chi connectivity index (χ0) is 15.4. The molecule has 1 aromatic carbocycles. The summed E-state index contributed by atoms with van der Waals surface area (Å²) in [6, 6.07) is 6.27. The van der Waals surface area contributed by atoms with Crippen molar-refractivity contribution in [2.45, 2.75) is 27.3 Å². The molecule has 0 atom stereocenters. The number of ether oxygens (including phenoxy) is 1. The molecule has 2 aromatic rings. The minimum absolute atomic E-state index is 0.169. The van der Waals surface area contributed by atoms with Crippen LogP contribution in [0.2, 0.25) is 0 Å². The van der Waals surface area contributed by atoms with Crippen molar-refractivity contribution in [3.8, 4) is 0 Å². The highest BCUT2D eigenvalue weighted by molar-refractivity contribution is 5.88. The number of carbonyl (C=O) groups is 1. The molecule has 0 aliphatic carbocycles.